The Balaban J connectivity index is 2.76. The molecule has 0 bridgehead atoms. The first-order valence-corrected chi connectivity index (χ1v) is 2.20. The summed E-state index contributed by atoms with van der Waals surface area (Å²) in [5, 5.41) is 0. The number of hydrogen-bond acceptors (Lipinski definition) is 1. The molecule has 0 unspecified atom stereocenters. The molecule has 0 radical (unpaired) electrons. The van der Waals surface area contributed by atoms with Gasteiger partial charge in [-0.05, 0) is 0 Å². The molecule has 38 valence electrons. The molecule has 0 spiro atoms. The average Bonchev–Trinajstić information content (AvgIpc) is 2.14. The van der Waals surface area contributed by atoms with Crippen LogP contribution in [0, 0.1) is 6.92 Å². The third kappa shape index (κ3) is 0.796. The molecule has 0 aliphatic heterocycles. The van der Waals surface area contributed by atoms with Gasteiger partial charge in [0, 0.05) is 11.9 Å². The summed E-state index contributed by atoms with van der Waals surface area (Å²) in [5.41, 5.74) is 1.08. The lowest BCUT2D eigenvalue weighted by atomic mass is 10.4. The number of aromatic nitrogens is 2. The van der Waals surface area contributed by atoms with E-state index in [9.17, 15) is 0 Å². The Morgan fingerprint density at radius 2 is 2.71 bits per heavy atom. The number of rotatable bonds is 1. The van der Waals surface area contributed by atoms with Crippen molar-refractivity contribution in [1.82, 2.24) is 9.97 Å². The van der Waals surface area contributed by atoms with E-state index in [2.05, 4.69) is 16.9 Å². The van der Waals surface area contributed by atoms with Gasteiger partial charge in [-0.3, -0.25) is 0 Å². The maximum Gasteiger partial charge on any atom is 0.0920 e. The van der Waals surface area contributed by atoms with Crippen LogP contribution in [0.2, 0.25) is 0 Å². The highest BCUT2D eigenvalue weighted by Crippen LogP contribution is 1.87. The molecule has 0 atom stereocenters. The third-order valence-electron chi connectivity index (χ3n) is 0.824. The minimum Gasteiger partial charge on any atom is -0.351 e. The first-order chi connectivity index (χ1) is 3.43. The molecule has 0 fully saturated rings. The van der Waals surface area contributed by atoms with Crippen molar-refractivity contribution in [2.75, 3.05) is 0 Å². The lowest BCUT2D eigenvalue weighted by Gasteiger charge is -1.86. The summed E-state index contributed by atoms with van der Waals surface area (Å²) in [7, 11) is 0. The lowest BCUT2D eigenvalue weighted by molar-refractivity contribution is 1.15. The van der Waals surface area contributed by atoms with E-state index in [1.807, 2.05) is 0 Å². The molecule has 0 aliphatic carbocycles. The topological polar surface area (TPSA) is 28.7 Å². The van der Waals surface area contributed by atoms with Crippen LogP contribution in [0.25, 0.3) is 0 Å². The third-order valence-corrected chi connectivity index (χ3v) is 0.824. The van der Waals surface area contributed by atoms with Crippen LogP contribution in [0.4, 0.5) is 0 Å². The Hall–Kier alpha value is -0.790. The second-order valence-corrected chi connectivity index (χ2v) is 1.33. The number of nitrogens with zero attached hydrogens (tertiary/aromatic N) is 1. The number of hydrogen-bond donors (Lipinski definition) is 1. The van der Waals surface area contributed by atoms with E-state index < -0.39 is 0 Å². The van der Waals surface area contributed by atoms with Gasteiger partial charge in [-0.15, -0.1) is 6.42 Å². The van der Waals surface area contributed by atoms with E-state index in [-0.39, 0.29) is 0 Å². The highest BCUT2D eigenvalue weighted by molar-refractivity contribution is 4.94. The van der Waals surface area contributed by atoms with Crippen LogP contribution in [0.3, 0.4) is 0 Å². The SMILES string of the molecule is [CH2-]Cc1cnc[nH]1. The van der Waals surface area contributed by atoms with Gasteiger partial charge < -0.3 is 11.9 Å². The molecule has 7 heavy (non-hydrogen) atoms. The average molecular weight is 95.1 g/mol. The molecule has 2 nitrogen and oxygen atoms in total. The molecular formula is C5H7N2-. The molecule has 1 N–H and O–H groups in total. The Kier molecular flexibility index (Phi) is 1.11. The van der Waals surface area contributed by atoms with E-state index in [4.69, 9.17) is 0 Å². The van der Waals surface area contributed by atoms with Crippen molar-refractivity contribution in [2.45, 2.75) is 6.42 Å². The Bertz CT molecular complexity index is 121. The monoisotopic (exact) mass is 95.1 g/mol. The van der Waals surface area contributed by atoms with Crippen molar-refractivity contribution < 1.29 is 0 Å². The fourth-order valence-electron chi connectivity index (χ4n) is 0.421. The lowest BCUT2D eigenvalue weighted by Crippen LogP contribution is -1.74. The summed E-state index contributed by atoms with van der Waals surface area (Å²) in [6, 6.07) is 0. The summed E-state index contributed by atoms with van der Waals surface area (Å²) in [6.45, 7) is 3.66. The second-order valence-electron chi connectivity index (χ2n) is 1.33. The maximum atomic E-state index is 3.80. The Morgan fingerprint density at radius 3 is 3.00 bits per heavy atom. The molecular weight excluding hydrogens is 88.1 g/mol. The molecule has 1 rings (SSSR count). The summed E-state index contributed by atoms with van der Waals surface area (Å²) >= 11 is 0. The number of H-pyrrole nitrogens is 1. The van der Waals surface area contributed by atoms with E-state index in [1.165, 1.54) is 0 Å². The van der Waals surface area contributed by atoms with Crippen molar-refractivity contribution >= 4 is 0 Å². The predicted molar refractivity (Wildman–Crippen MR) is 27.6 cm³/mol. The normalized spacial score (nSPS) is 9.29. The molecule has 1 aromatic rings. The summed E-state index contributed by atoms with van der Waals surface area (Å²) < 4.78 is 0. The Morgan fingerprint density at radius 1 is 1.86 bits per heavy atom. The van der Waals surface area contributed by atoms with E-state index in [1.54, 1.807) is 12.5 Å². The van der Waals surface area contributed by atoms with Gasteiger partial charge in [-0.25, -0.2) is 4.98 Å². The number of nitrogens with one attached hydrogen (secondary N) is 1. The van der Waals surface area contributed by atoms with Crippen molar-refractivity contribution in [1.29, 1.82) is 0 Å². The summed E-state index contributed by atoms with van der Waals surface area (Å²) in [6.07, 6.45) is 4.22. The van der Waals surface area contributed by atoms with Crippen molar-refractivity contribution in [2.24, 2.45) is 0 Å². The number of imidazole rings is 1. The second kappa shape index (κ2) is 1.78. The van der Waals surface area contributed by atoms with Gasteiger partial charge in [0.05, 0.1) is 6.33 Å². The van der Waals surface area contributed by atoms with Gasteiger partial charge in [-0.2, -0.15) is 0 Å². The smallest absolute Gasteiger partial charge is 0.0920 e. The van der Waals surface area contributed by atoms with Crippen LogP contribution in [-0.2, 0) is 6.42 Å². The summed E-state index contributed by atoms with van der Waals surface area (Å²) in [5.74, 6) is 0. The largest absolute Gasteiger partial charge is 0.351 e. The van der Waals surface area contributed by atoms with Gasteiger partial charge in [0.2, 0.25) is 0 Å². The molecule has 0 aromatic carbocycles. The van der Waals surface area contributed by atoms with E-state index in [0.717, 1.165) is 12.1 Å². The van der Waals surface area contributed by atoms with Crippen molar-refractivity contribution in [3.63, 3.8) is 0 Å². The van der Waals surface area contributed by atoms with Crippen molar-refractivity contribution in [3.05, 3.63) is 25.1 Å². The molecule has 0 saturated heterocycles. The zero-order valence-electron chi connectivity index (χ0n) is 4.02. The zero-order valence-corrected chi connectivity index (χ0v) is 4.02. The molecule has 0 amide bonds. The molecule has 2 heteroatoms. The van der Waals surface area contributed by atoms with Crippen molar-refractivity contribution in [3.8, 4) is 0 Å². The number of aromatic amines is 1. The highest BCUT2D eigenvalue weighted by Gasteiger charge is 1.77. The van der Waals surface area contributed by atoms with Gasteiger partial charge in [0.25, 0.3) is 0 Å². The minimum absolute atomic E-state index is 0.792. The summed E-state index contributed by atoms with van der Waals surface area (Å²) in [4.78, 5) is 6.71. The highest BCUT2D eigenvalue weighted by atomic mass is 14.8. The van der Waals surface area contributed by atoms with Gasteiger partial charge >= 0.3 is 0 Å². The van der Waals surface area contributed by atoms with Crippen LogP contribution >= 0.6 is 0 Å². The quantitative estimate of drug-likeness (QED) is 0.513. The fourth-order valence-corrected chi connectivity index (χ4v) is 0.421. The fraction of sp³-hybridized carbons (Fsp3) is 0.200. The molecule has 1 heterocycles. The van der Waals surface area contributed by atoms with Gasteiger partial charge in [0.15, 0.2) is 0 Å². The molecule has 0 aliphatic rings. The van der Waals surface area contributed by atoms with Crippen LogP contribution in [0.1, 0.15) is 5.69 Å². The Labute approximate surface area is 42.6 Å². The molecule has 1 aromatic heterocycles. The molecule has 0 saturated carbocycles. The first kappa shape index (κ1) is 4.37. The van der Waals surface area contributed by atoms with E-state index in [0.29, 0.717) is 0 Å². The van der Waals surface area contributed by atoms with Crippen LogP contribution in [-0.4, -0.2) is 9.97 Å². The van der Waals surface area contributed by atoms with Gasteiger partial charge in [0.1, 0.15) is 0 Å². The van der Waals surface area contributed by atoms with Crippen LogP contribution < -0.4 is 0 Å². The predicted octanol–water partition coefficient (Wildman–Crippen LogP) is 0.786. The first-order valence-electron chi connectivity index (χ1n) is 2.20. The van der Waals surface area contributed by atoms with Crippen LogP contribution in [0.5, 0.6) is 0 Å². The standard InChI is InChI=1S/C5H7N2/c1-2-5-3-6-4-7-5/h3-4H,1-2H2,(H,6,7)/q-1. The van der Waals surface area contributed by atoms with E-state index >= 15 is 0 Å². The van der Waals surface area contributed by atoms with Crippen LogP contribution in [0.15, 0.2) is 12.5 Å². The van der Waals surface area contributed by atoms with Gasteiger partial charge in [-0.1, -0.05) is 0 Å². The zero-order chi connectivity index (χ0) is 5.11. The maximum absolute atomic E-state index is 3.80. The minimum atomic E-state index is 0.792.